The molecule has 3 heterocycles. The second-order valence-electron chi connectivity index (χ2n) is 5.90. The molecule has 6 heteroatoms. The first-order valence-electron chi connectivity index (χ1n) is 7.76. The first-order chi connectivity index (χ1) is 10.3. The van der Waals surface area contributed by atoms with E-state index in [0.29, 0.717) is 31.5 Å². The number of rotatable bonds is 4. The van der Waals surface area contributed by atoms with Crippen molar-refractivity contribution >= 4 is 5.91 Å². The Hall–Kier alpha value is -1.40. The Morgan fingerprint density at radius 3 is 2.67 bits per heavy atom. The van der Waals surface area contributed by atoms with E-state index in [1.54, 1.807) is 6.26 Å². The van der Waals surface area contributed by atoms with Crippen molar-refractivity contribution in [1.29, 1.82) is 0 Å². The van der Waals surface area contributed by atoms with Crippen LogP contribution in [0.3, 0.4) is 0 Å². The first kappa shape index (κ1) is 14.5. The molecule has 2 aliphatic rings. The topological polar surface area (TPSA) is 58.8 Å². The molecule has 0 N–H and O–H groups in total. The lowest BCUT2D eigenvalue weighted by Gasteiger charge is -2.33. The number of nitrogens with zero attached hydrogens (tertiary/aromatic N) is 3. The predicted octanol–water partition coefficient (Wildman–Crippen LogP) is 1.14. The largest absolute Gasteiger partial charge is 0.451 e. The summed E-state index contributed by atoms with van der Waals surface area (Å²) in [5.41, 5.74) is 0.984. The van der Waals surface area contributed by atoms with Crippen LogP contribution >= 0.6 is 0 Å². The van der Waals surface area contributed by atoms with E-state index >= 15 is 0 Å². The molecule has 2 aliphatic heterocycles. The first-order valence-corrected chi connectivity index (χ1v) is 7.76. The van der Waals surface area contributed by atoms with Crippen molar-refractivity contribution in [3.63, 3.8) is 0 Å². The molecule has 6 nitrogen and oxygen atoms in total. The molecule has 2 saturated heterocycles. The Morgan fingerprint density at radius 2 is 2.00 bits per heavy atom. The summed E-state index contributed by atoms with van der Waals surface area (Å²) in [5.74, 6) is 0.821. The third kappa shape index (κ3) is 4.04. The smallest absolute Gasteiger partial charge is 0.223 e. The number of morpholine rings is 1. The van der Waals surface area contributed by atoms with E-state index < -0.39 is 0 Å². The molecule has 1 aromatic heterocycles. The van der Waals surface area contributed by atoms with Gasteiger partial charge < -0.3 is 14.1 Å². The van der Waals surface area contributed by atoms with Gasteiger partial charge in [0.25, 0.3) is 0 Å². The molecular weight excluding hydrogens is 270 g/mol. The summed E-state index contributed by atoms with van der Waals surface area (Å²) in [5, 5.41) is 0. The molecule has 1 aromatic rings. The Bertz CT molecular complexity index is 435. The maximum Gasteiger partial charge on any atom is 0.223 e. The zero-order valence-electron chi connectivity index (χ0n) is 12.4. The Kier molecular flexibility index (Phi) is 4.87. The summed E-state index contributed by atoms with van der Waals surface area (Å²) >= 11 is 0. The van der Waals surface area contributed by atoms with Crippen molar-refractivity contribution in [2.75, 3.05) is 39.4 Å². The van der Waals surface area contributed by atoms with Crippen LogP contribution in [-0.2, 0) is 16.1 Å². The van der Waals surface area contributed by atoms with Crippen molar-refractivity contribution < 1.29 is 13.9 Å². The molecule has 0 saturated carbocycles. The number of likely N-dealkylation sites (tertiary alicyclic amines) is 1. The number of carbonyl (C=O) groups is 1. The van der Waals surface area contributed by atoms with Gasteiger partial charge in [-0.1, -0.05) is 0 Å². The summed E-state index contributed by atoms with van der Waals surface area (Å²) in [6.07, 6.45) is 6.05. The van der Waals surface area contributed by atoms with Crippen molar-refractivity contribution in [2.45, 2.75) is 25.8 Å². The molecule has 0 aliphatic carbocycles. The van der Waals surface area contributed by atoms with E-state index in [-0.39, 0.29) is 0 Å². The van der Waals surface area contributed by atoms with E-state index in [4.69, 9.17) is 9.15 Å². The van der Waals surface area contributed by atoms with E-state index in [9.17, 15) is 4.79 Å². The third-order valence-electron chi connectivity index (χ3n) is 4.40. The van der Waals surface area contributed by atoms with E-state index in [0.717, 1.165) is 51.3 Å². The van der Waals surface area contributed by atoms with Crippen LogP contribution in [0.1, 0.15) is 25.0 Å². The van der Waals surface area contributed by atoms with E-state index in [2.05, 4.69) is 9.88 Å². The number of ether oxygens (including phenoxy) is 1. The van der Waals surface area contributed by atoms with Gasteiger partial charge in [0.2, 0.25) is 5.91 Å². The van der Waals surface area contributed by atoms with Gasteiger partial charge in [0, 0.05) is 26.1 Å². The third-order valence-corrected chi connectivity index (χ3v) is 4.40. The predicted molar refractivity (Wildman–Crippen MR) is 76.5 cm³/mol. The van der Waals surface area contributed by atoms with E-state index in [1.807, 2.05) is 4.90 Å². The Labute approximate surface area is 125 Å². The maximum atomic E-state index is 12.2. The summed E-state index contributed by atoms with van der Waals surface area (Å²) < 4.78 is 10.3. The fourth-order valence-electron chi connectivity index (χ4n) is 3.08. The number of aromatic nitrogens is 1. The molecular formula is C15H23N3O3. The minimum absolute atomic E-state index is 0.299. The summed E-state index contributed by atoms with van der Waals surface area (Å²) in [4.78, 5) is 20.7. The van der Waals surface area contributed by atoms with Gasteiger partial charge in [-0.15, -0.1) is 0 Å². The molecule has 0 radical (unpaired) electrons. The van der Waals surface area contributed by atoms with Crippen LogP contribution in [0.4, 0.5) is 0 Å². The van der Waals surface area contributed by atoms with Crippen LogP contribution in [0.2, 0.25) is 0 Å². The molecule has 1 amide bonds. The molecule has 2 fully saturated rings. The standard InChI is InChI=1S/C15H23N3O3/c19-15(18-5-7-20-8-6-18)9-13-1-3-17(4-2-13)10-14-11-21-12-16-14/h11-13H,1-10H2. The average molecular weight is 293 g/mol. The second-order valence-corrected chi connectivity index (χ2v) is 5.90. The van der Waals surface area contributed by atoms with E-state index in [1.165, 1.54) is 6.39 Å². The number of hydrogen-bond acceptors (Lipinski definition) is 5. The van der Waals surface area contributed by atoms with Crippen molar-refractivity contribution in [3.8, 4) is 0 Å². The lowest BCUT2D eigenvalue weighted by molar-refractivity contribution is -0.136. The average Bonchev–Trinajstić information content (AvgIpc) is 3.03. The lowest BCUT2D eigenvalue weighted by Crippen LogP contribution is -2.42. The molecule has 21 heavy (non-hydrogen) atoms. The fraction of sp³-hybridized carbons (Fsp3) is 0.733. The van der Waals surface area contributed by atoms with Crippen LogP contribution in [-0.4, -0.2) is 60.1 Å². The number of amides is 1. The van der Waals surface area contributed by atoms with Crippen molar-refractivity contribution in [1.82, 2.24) is 14.8 Å². The highest BCUT2D eigenvalue weighted by molar-refractivity contribution is 5.76. The van der Waals surface area contributed by atoms with Crippen LogP contribution in [0.15, 0.2) is 17.1 Å². The van der Waals surface area contributed by atoms with Gasteiger partial charge in [-0.3, -0.25) is 9.69 Å². The van der Waals surface area contributed by atoms with Gasteiger partial charge in [-0.2, -0.15) is 0 Å². The van der Waals surface area contributed by atoms with Crippen molar-refractivity contribution in [3.05, 3.63) is 18.4 Å². The van der Waals surface area contributed by atoms with Crippen LogP contribution in [0.25, 0.3) is 0 Å². The summed E-state index contributed by atoms with van der Waals surface area (Å²) in [7, 11) is 0. The van der Waals surface area contributed by atoms with Crippen LogP contribution < -0.4 is 0 Å². The molecule has 0 unspecified atom stereocenters. The Balaban J connectivity index is 1.40. The SMILES string of the molecule is O=C(CC1CCN(Cc2cocn2)CC1)N1CCOCC1. The Morgan fingerprint density at radius 1 is 1.24 bits per heavy atom. The molecule has 0 bridgehead atoms. The quantitative estimate of drug-likeness (QED) is 0.833. The van der Waals surface area contributed by atoms with Gasteiger partial charge in [0.15, 0.2) is 6.39 Å². The van der Waals surface area contributed by atoms with Gasteiger partial charge in [-0.05, 0) is 31.8 Å². The van der Waals surface area contributed by atoms with Crippen LogP contribution in [0, 0.1) is 5.92 Å². The summed E-state index contributed by atoms with van der Waals surface area (Å²) in [6, 6.07) is 0. The molecule has 3 rings (SSSR count). The normalized spacial score (nSPS) is 21.6. The lowest BCUT2D eigenvalue weighted by atomic mass is 9.93. The minimum atomic E-state index is 0.299. The fourth-order valence-corrected chi connectivity index (χ4v) is 3.08. The highest BCUT2D eigenvalue weighted by atomic mass is 16.5. The van der Waals surface area contributed by atoms with Gasteiger partial charge in [-0.25, -0.2) is 4.98 Å². The number of oxazole rings is 1. The minimum Gasteiger partial charge on any atom is -0.451 e. The monoisotopic (exact) mass is 293 g/mol. The number of piperidine rings is 1. The van der Waals surface area contributed by atoms with Crippen molar-refractivity contribution in [2.24, 2.45) is 5.92 Å². The maximum absolute atomic E-state index is 12.2. The zero-order chi connectivity index (χ0) is 14.5. The molecule has 0 spiro atoms. The van der Waals surface area contributed by atoms with Gasteiger partial charge in [0.1, 0.15) is 6.26 Å². The van der Waals surface area contributed by atoms with Crippen LogP contribution in [0.5, 0.6) is 0 Å². The van der Waals surface area contributed by atoms with Gasteiger partial charge >= 0.3 is 0 Å². The van der Waals surface area contributed by atoms with Gasteiger partial charge in [0.05, 0.1) is 18.9 Å². The zero-order valence-corrected chi connectivity index (χ0v) is 12.4. The second kappa shape index (κ2) is 7.04. The summed E-state index contributed by atoms with van der Waals surface area (Å²) in [6.45, 7) is 5.79. The number of hydrogen-bond donors (Lipinski definition) is 0. The highest BCUT2D eigenvalue weighted by Crippen LogP contribution is 2.22. The molecule has 0 atom stereocenters. The molecule has 116 valence electrons. The molecule has 0 aromatic carbocycles. The highest BCUT2D eigenvalue weighted by Gasteiger charge is 2.25. The number of carbonyl (C=O) groups excluding carboxylic acids is 1.